The van der Waals surface area contributed by atoms with Gasteiger partial charge in [0.05, 0.1) is 12.7 Å². The lowest BCUT2D eigenvalue weighted by molar-refractivity contribution is 0.0424. The molecule has 1 aromatic carbocycles. The van der Waals surface area contributed by atoms with Crippen molar-refractivity contribution in [1.29, 1.82) is 0 Å². The Balaban J connectivity index is 1.23. The van der Waals surface area contributed by atoms with Crippen molar-refractivity contribution in [2.45, 2.75) is 38.8 Å². The molecule has 2 fully saturated rings. The summed E-state index contributed by atoms with van der Waals surface area (Å²) in [4.78, 5) is 9.81. The maximum absolute atomic E-state index is 5.81. The van der Waals surface area contributed by atoms with Crippen LogP contribution in [0.1, 0.15) is 31.7 Å². The summed E-state index contributed by atoms with van der Waals surface area (Å²) in [6, 6.07) is 10.8. The molecule has 0 amide bonds. The van der Waals surface area contributed by atoms with Crippen LogP contribution in [0.5, 0.6) is 0 Å². The van der Waals surface area contributed by atoms with E-state index in [1.165, 1.54) is 5.56 Å². The number of hydrogen-bond acceptors (Lipinski definition) is 5. The van der Waals surface area contributed by atoms with Gasteiger partial charge in [-0.15, -0.1) is 0 Å². The Morgan fingerprint density at radius 2 is 1.90 bits per heavy atom. The van der Waals surface area contributed by atoms with E-state index in [1.54, 1.807) is 0 Å². The Bertz CT molecular complexity index is 614. The Labute approximate surface area is 188 Å². The molecule has 31 heavy (non-hydrogen) atoms. The average molecular weight is 432 g/mol. The summed E-state index contributed by atoms with van der Waals surface area (Å²) in [6.07, 6.45) is 3.39. The summed E-state index contributed by atoms with van der Waals surface area (Å²) < 4.78 is 11.1. The number of benzene rings is 1. The third-order valence-electron chi connectivity index (χ3n) is 5.82. The summed E-state index contributed by atoms with van der Waals surface area (Å²) in [5.41, 5.74) is 1.41. The topological polar surface area (TPSA) is 61.4 Å². The highest BCUT2D eigenvalue weighted by Gasteiger charge is 2.17. The third-order valence-corrected chi connectivity index (χ3v) is 5.82. The monoisotopic (exact) mass is 431 g/mol. The van der Waals surface area contributed by atoms with E-state index in [0.717, 1.165) is 104 Å². The van der Waals surface area contributed by atoms with Gasteiger partial charge in [0.15, 0.2) is 5.96 Å². The summed E-state index contributed by atoms with van der Waals surface area (Å²) in [5.74, 6) is 0.916. The standard InChI is InChI=1S/C24H41N5O2/c1-2-25-24(27-12-7-18-31-23-10-19-30-21-23)26-11-6-13-28-14-16-29(17-15-28)20-22-8-4-3-5-9-22/h3-5,8-9,23H,2,6-7,10-21H2,1H3,(H2,25,26,27). The van der Waals surface area contributed by atoms with Gasteiger partial charge in [0.1, 0.15) is 0 Å². The number of nitrogens with one attached hydrogen (secondary N) is 2. The van der Waals surface area contributed by atoms with Crippen molar-refractivity contribution >= 4 is 5.96 Å². The molecule has 0 aliphatic carbocycles. The zero-order valence-corrected chi connectivity index (χ0v) is 19.2. The van der Waals surface area contributed by atoms with E-state index in [0.29, 0.717) is 0 Å². The molecule has 2 aliphatic rings. The number of aliphatic imine (C=N–C) groups is 1. The molecule has 174 valence electrons. The van der Waals surface area contributed by atoms with E-state index in [2.05, 4.69) is 62.7 Å². The number of piperazine rings is 1. The molecule has 1 atom stereocenters. The molecule has 0 aromatic heterocycles. The van der Waals surface area contributed by atoms with Crippen LogP contribution < -0.4 is 10.6 Å². The van der Waals surface area contributed by atoms with Gasteiger partial charge in [0.25, 0.3) is 0 Å². The minimum atomic E-state index is 0.288. The van der Waals surface area contributed by atoms with Crippen LogP contribution in [-0.4, -0.2) is 94.0 Å². The first-order chi connectivity index (χ1) is 15.3. The molecule has 0 spiro atoms. The third kappa shape index (κ3) is 9.56. The first-order valence-corrected chi connectivity index (χ1v) is 12.0. The zero-order valence-electron chi connectivity index (χ0n) is 19.2. The van der Waals surface area contributed by atoms with Crippen LogP contribution in [0.3, 0.4) is 0 Å². The van der Waals surface area contributed by atoms with Gasteiger partial charge in [-0.3, -0.25) is 9.89 Å². The van der Waals surface area contributed by atoms with E-state index in [1.807, 2.05) is 0 Å². The predicted molar refractivity (Wildman–Crippen MR) is 127 cm³/mol. The van der Waals surface area contributed by atoms with Gasteiger partial charge < -0.3 is 25.0 Å². The second-order valence-electron chi connectivity index (χ2n) is 8.35. The Morgan fingerprint density at radius 3 is 2.65 bits per heavy atom. The highest BCUT2D eigenvalue weighted by Crippen LogP contribution is 2.09. The molecule has 1 aromatic rings. The first-order valence-electron chi connectivity index (χ1n) is 12.0. The molecule has 2 heterocycles. The maximum atomic E-state index is 5.81. The summed E-state index contributed by atoms with van der Waals surface area (Å²) in [6.45, 7) is 13.9. The molecule has 3 rings (SSSR count). The maximum Gasteiger partial charge on any atom is 0.191 e. The summed E-state index contributed by atoms with van der Waals surface area (Å²) in [7, 11) is 0. The lowest BCUT2D eigenvalue weighted by Crippen LogP contribution is -2.46. The van der Waals surface area contributed by atoms with Gasteiger partial charge in [-0.25, -0.2) is 0 Å². The van der Waals surface area contributed by atoms with Crippen LogP contribution >= 0.6 is 0 Å². The van der Waals surface area contributed by atoms with Gasteiger partial charge in [0.2, 0.25) is 0 Å². The smallest absolute Gasteiger partial charge is 0.191 e. The van der Waals surface area contributed by atoms with Crippen LogP contribution in [0.4, 0.5) is 0 Å². The highest BCUT2D eigenvalue weighted by atomic mass is 16.5. The van der Waals surface area contributed by atoms with Crippen molar-refractivity contribution in [3.8, 4) is 0 Å². The van der Waals surface area contributed by atoms with Gasteiger partial charge in [-0.2, -0.15) is 0 Å². The molecule has 1 unspecified atom stereocenters. The largest absolute Gasteiger partial charge is 0.379 e. The van der Waals surface area contributed by atoms with Crippen molar-refractivity contribution in [2.75, 3.05) is 72.2 Å². The second-order valence-corrected chi connectivity index (χ2v) is 8.35. The highest BCUT2D eigenvalue weighted by molar-refractivity contribution is 5.79. The second kappa shape index (κ2) is 14.4. The van der Waals surface area contributed by atoms with Crippen molar-refractivity contribution in [3.63, 3.8) is 0 Å². The summed E-state index contributed by atoms with van der Waals surface area (Å²) in [5, 5.41) is 6.81. The van der Waals surface area contributed by atoms with Gasteiger partial charge in [-0.1, -0.05) is 30.3 Å². The number of guanidine groups is 1. The van der Waals surface area contributed by atoms with Crippen LogP contribution in [0.15, 0.2) is 35.3 Å². The normalized spacial score (nSPS) is 20.8. The SMILES string of the molecule is CCNC(=NCCCOC1CCOC1)NCCCN1CCN(Cc2ccccc2)CC1. The molecular formula is C24H41N5O2. The van der Waals surface area contributed by atoms with Crippen molar-refractivity contribution in [2.24, 2.45) is 4.99 Å². The lowest BCUT2D eigenvalue weighted by atomic mass is 10.2. The Kier molecular flexibility index (Phi) is 11.1. The number of ether oxygens (including phenoxy) is 2. The van der Waals surface area contributed by atoms with E-state index in [4.69, 9.17) is 9.47 Å². The molecule has 2 saturated heterocycles. The summed E-state index contributed by atoms with van der Waals surface area (Å²) >= 11 is 0. The number of nitrogens with zero attached hydrogens (tertiary/aromatic N) is 3. The number of hydrogen-bond donors (Lipinski definition) is 2. The Hall–Kier alpha value is -1.67. The quantitative estimate of drug-likeness (QED) is 0.300. The Morgan fingerprint density at radius 1 is 1.10 bits per heavy atom. The zero-order chi connectivity index (χ0) is 21.6. The average Bonchev–Trinajstić information content (AvgIpc) is 3.32. The van der Waals surface area contributed by atoms with Crippen LogP contribution in [0.2, 0.25) is 0 Å². The van der Waals surface area contributed by atoms with E-state index >= 15 is 0 Å². The molecule has 2 N–H and O–H groups in total. The lowest BCUT2D eigenvalue weighted by Gasteiger charge is -2.34. The van der Waals surface area contributed by atoms with Crippen molar-refractivity contribution < 1.29 is 9.47 Å². The fourth-order valence-electron chi connectivity index (χ4n) is 4.01. The van der Waals surface area contributed by atoms with Gasteiger partial charge in [0, 0.05) is 65.6 Å². The number of rotatable bonds is 12. The predicted octanol–water partition coefficient (Wildman–Crippen LogP) is 1.95. The molecule has 0 bridgehead atoms. The van der Waals surface area contributed by atoms with Gasteiger partial charge >= 0.3 is 0 Å². The first kappa shape index (κ1) is 24.0. The molecular weight excluding hydrogens is 390 g/mol. The minimum Gasteiger partial charge on any atom is -0.379 e. The van der Waals surface area contributed by atoms with Gasteiger partial charge in [-0.05, 0) is 38.3 Å². The van der Waals surface area contributed by atoms with Crippen LogP contribution in [-0.2, 0) is 16.0 Å². The molecule has 7 nitrogen and oxygen atoms in total. The van der Waals surface area contributed by atoms with E-state index < -0.39 is 0 Å². The van der Waals surface area contributed by atoms with Crippen molar-refractivity contribution in [1.82, 2.24) is 20.4 Å². The van der Waals surface area contributed by atoms with Crippen LogP contribution in [0, 0.1) is 0 Å². The molecule has 0 saturated carbocycles. The fraction of sp³-hybridized carbons (Fsp3) is 0.708. The fourth-order valence-corrected chi connectivity index (χ4v) is 4.01. The molecule has 0 radical (unpaired) electrons. The molecule has 2 aliphatic heterocycles. The van der Waals surface area contributed by atoms with Crippen molar-refractivity contribution in [3.05, 3.63) is 35.9 Å². The van der Waals surface area contributed by atoms with E-state index in [9.17, 15) is 0 Å². The van der Waals surface area contributed by atoms with E-state index in [-0.39, 0.29) is 6.10 Å². The van der Waals surface area contributed by atoms with Crippen LogP contribution in [0.25, 0.3) is 0 Å². The molecule has 7 heteroatoms. The minimum absolute atomic E-state index is 0.288.